The normalized spacial score (nSPS) is 10.5. The molecule has 1 aromatic carbocycles. The second kappa shape index (κ2) is 8.98. The fraction of sp³-hybridized carbons (Fsp3) is 0.500. The van der Waals surface area contributed by atoms with Crippen molar-refractivity contribution >= 4 is 11.6 Å². The molecule has 0 saturated heterocycles. The molecule has 5 nitrogen and oxygen atoms in total. The van der Waals surface area contributed by atoms with Crippen LogP contribution in [0.4, 0.5) is 5.69 Å². The summed E-state index contributed by atoms with van der Waals surface area (Å²) in [6.45, 7) is 4.91. The molecule has 0 aliphatic rings. The molecule has 5 heteroatoms. The van der Waals surface area contributed by atoms with Crippen molar-refractivity contribution in [3.05, 3.63) is 29.3 Å². The summed E-state index contributed by atoms with van der Waals surface area (Å²) in [6.07, 6.45) is 3.16. The molecule has 0 spiro atoms. The first kappa shape index (κ1) is 17.0. The molecule has 4 N–H and O–H groups in total. The van der Waals surface area contributed by atoms with E-state index in [2.05, 4.69) is 17.9 Å². The van der Waals surface area contributed by atoms with E-state index in [9.17, 15) is 4.79 Å². The van der Waals surface area contributed by atoms with Crippen LogP contribution < -0.4 is 11.5 Å². The van der Waals surface area contributed by atoms with Crippen molar-refractivity contribution in [3.8, 4) is 6.07 Å². The lowest BCUT2D eigenvalue weighted by atomic mass is 10.1. The van der Waals surface area contributed by atoms with Crippen LogP contribution in [0.3, 0.4) is 0 Å². The maximum atomic E-state index is 10.8. The zero-order chi connectivity index (χ0) is 15.7. The average Bonchev–Trinajstić information content (AvgIpc) is 2.45. The Bertz CT molecular complexity index is 507. The molecule has 0 heterocycles. The number of primary amides is 1. The minimum absolute atomic E-state index is 0.247. The number of nitrogens with zero attached hydrogens (tertiary/aromatic N) is 2. The molecular formula is C16H24N4O. The molecule has 114 valence electrons. The Morgan fingerprint density at radius 2 is 2.10 bits per heavy atom. The topological polar surface area (TPSA) is 96.1 Å². The smallest absolute Gasteiger partial charge is 0.217 e. The summed E-state index contributed by atoms with van der Waals surface area (Å²) in [6, 6.07) is 7.70. The number of carbonyl (C=O) groups is 1. The lowest BCUT2D eigenvalue weighted by Crippen LogP contribution is -2.29. The number of nitrogen functional groups attached to an aromatic ring is 1. The van der Waals surface area contributed by atoms with Gasteiger partial charge in [0, 0.05) is 18.7 Å². The standard InChI is InChI=1S/C16H24N4O/c1-2-8-20(9-3-4-16(19)21)10-7-13-5-6-15(18)14(11-13)12-17/h5-6,11H,2-4,7-10,18H2,1H3,(H2,19,21). The Morgan fingerprint density at radius 1 is 1.33 bits per heavy atom. The fourth-order valence-electron chi connectivity index (χ4n) is 2.27. The van der Waals surface area contributed by atoms with Gasteiger partial charge in [0.25, 0.3) is 0 Å². The minimum Gasteiger partial charge on any atom is -0.398 e. The minimum atomic E-state index is -0.247. The molecule has 21 heavy (non-hydrogen) atoms. The van der Waals surface area contributed by atoms with Crippen LogP contribution in [-0.2, 0) is 11.2 Å². The first-order valence-electron chi connectivity index (χ1n) is 7.36. The van der Waals surface area contributed by atoms with Gasteiger partial charge in [-0.1, -0.05) is 13.0 Å². The second-order valence-corrected chi connectivity index (χ2v) is 5.19. The van der Waals surface area contributed by atoms with E-state index in [1.807, 2.05) is 12.1 Å². The molecule has 0 bridgehead atoms. The van der Waals surface area contributed by atoms with Crippen LogP contribution in [0.25, 0.3) is 0 Å². The Hall–Kier alpha value is -2.06. The van der Waals surface area contributed by atoms with Gasteiger partial charge in [-0.3, -0.25) is 4.79 Å². The lowest BCUT2D eigenvalue weighted by Gasteiger charge is -2.21. The number of rotatable bonds is 9. The van der Waals surface area contributed by atoms with Gasteiger partial charge in [-0.25, -0.2) is 0 Å². The van der Waals surface area contributed by atoms with Gasteiger partial charge in [-0.05, 0) is 50.0 Å². The molecule has 0 radical (unpaired) electrons. The average molecular weight is 288 g/mol. The van der Waals surface area contributed by atoms with Gasteiger partial charge >= 0.3 is 0 Å². The van der Waals surface area contributed by atoms with Gasteiger partial charge in [0.2, 0.25) is 5.91 Å². The van der Waals surface area contributed by atoms with E-state index in [1.54, 1.807) is 6.07 Å². The van der Waals surface area contributed by atoms with Crippen LogP contribution in [0.5, 0.6) is 0 Å². The van der Waals surface area contributed by atoms with Gasteiger partial charge < -0.3 is 16.4 Å². The molecule has 1 aromatic rings. The summed E-state index contributed by atoms with van der Waals surface area (Å²) < 4.78 is 0. The zero-order valence-corrected chi connectivity index (χ0v) is 12.6. The maximum Gasteiger partial charge on any atom is 0.217 e. The Balaban J connectivity index is 2.52. The Morgan fingerprint density at radius 3 is 2.71 bits per heavy atom. The highest BCUT2D eigenvalue weighted by Crippen LogP contribution is 2.14. The fourth-order valence-corrected chi connectivity index (χ4v) is 2.27. The first-order chi connectivity index (χ1) is 10.1. The third kappa shape index (κ3) is 6.28. The van der Waals surface area contributed by atoms with E-state index in [4.69, 9.17) is 16.7 Å². The summed E-state index contributed by atoms with van der Waals surface area (Å²) in [5, 5.41) is 8.99. The third-order valence-electron chi connectivity index (χ3n) is 3.39. The highest BCUT2D eigenvalue weighted by Gasteiger charge is 2.06. The van der Waals surface area contributed by atoms with E-state index in [0.29, 0.717) is 17.7 Å². The highest BCUT2D eigenvalue weighted by atomic mass is 16.1. The van der Waals surface area contributed by atoms with Crippen LogP contribution >= 0.6 is 0 Å². The quantitative estimate of drug-likeness (QED) is 0.675. The van der Waals surface area contributed by atoms with Gasteiger partial charge in [0.15, 0.2) is 0 Å². The number of hydrogen-bond acceptors (Lipinski definition) is 4. The number of benzene rings is 1. The molecule has 0 fully saturated rings. The number of anilines is 1. The van der Waals surface area contributed by atoms with Gasteiger partial charge in [-0.15, -0.1) is 0 Å². The van der Waals surface area contributed by atoms with Crippen LogP contribution in [-0.4, -0.2) is 30.4 Å². The van der Waals surface area contributed by atoms with Crippen molar-refractivity contribution in [1.82, 2.24) is 4.90 Å². The highest BCUT2D eigenvalue weighted by molar-refractivity contribution is 5.73. The molecule has 1 rings (SSSR count). The van der Waals surface area contributed by atoms with E-state index >= 15 is 0 Å². The van der Waals surface area contributed by atoms with Crippen molar-refractivity contribution < 1.29 is 4.79 Å². The molecule has 0 unspecified atom stereocenters. The lowest BCUT2D eigenvalue weighted by molar-refractivity contribution is -0.118. The SMILES string of the molecule is CCCN(CCCC(N)=O)CCc1ccc(N)c(C#N)c1. The molecule has 0 aliphatic heterocycles. The Labute approximate surface area is 126 Å². The van der Waals surface area contributed by atoms with E-state index < -0.39 is 0 Å². The maximum absolute atomic E-state index is 10.8. The summed E-state index contributed by atoms with van der Waals surface area (Å²) >= 11 is 0. The molecular weight excluding hydrogens is 264 g/mol. The predicted octanol–water partition coefficient (Wildman–Crippen LogP) is 1.66. The van der Waals surface area contributed by atoms with Crippen LogP contribution in [0.2, 0.25) is 0 Å². The van der Waals surface area contributed by atoms with Crippen LogP contribution in [0, 0.1) is 11.3 Å². The van der Waals surface area contributed by atoms with Gasteiger partial charge in [-0.2, -0.15) is 5.26 Å². The van der Waals surface area contributed by atoms with E-state index in [-0.39, 0.29) is 5.91 Å². The molecule has 0 saturated carbocycles. The monoisotopic (exact) mass is 288 g/mol. The number of nitriles is 1. The van der Waals surface area contributed by atoms with Crippen molar-refractivity contribution in [2.24, 2.45) is 5.73 Å². The van der Waals surface area contributed by atoms with Gasteiger partial charge in [0.1, 0.15) is 6.07 Å². The largest absolute Gasteiger partial charge is 0.398 e. The van der Waals surface area contributed by atoms with Crippen molar-refractivity contribution in [1.29, 1.82) is 5.26 Å². The Kier molecular flexibility index (Phi) is 7.27. The van der Waals surface area contributed by atoms with Crippen LogP contribution in [0.15, 0.2) is 18.2 Å². The summed E-state index contributed by atoms with van der Waals surface area (Å²) in [4.78, 5) is 13.1. The third-order valence-corrected chi connectivity index (χ3v) is 3.39. The number of hydrogen-bond donors (Lipinski definition) is 2. The number of carbonyl (C=O) groups excluding carboxylic acids is 1. The predicted molar refractivity (Wildman–Crippen MR) is 84.4 cm³/mol. The van der Waals surface area contributed by atoms with Crippen molar-refractivity contribution in [2.45, 2.75) is 32.6 Å². The zero-order valence-electron chi connectivity index (χ0n) is 12.6. The summed E-state index contributed by atoms with van der Waals surface area (Å²) in [7, 11) is 0. The molecule has 0 aliphatic carbocycles. The van der Waals surface area contributed by atoms with Crippen molar-refractivity contribution in [3.63, 3.8) is 0 Å². The van der Waals surface area contributed by atoms with Gasteiger partial charge in [0.05, 0.1) is 5.56 Å². The van der Waals surface area contributed by atoms with Crippen LogP contribution in [0.1, 0.15) is 37.3 Å². The number of amides is 1. The molecule has 0 aromatic heterocycles. The number of nitrogens with two attached hydrogens (primary N) is 2. The summed E-state index contributed by atoms with van der Waals surface area (Å²) in [5.74, 6) is -0.247. The van der Waals surface area contributed by atoms with Crippen molar-refractivity contribution in [2.75, 3.05) is 25.4 Å². The molecule has 0 atom stereocenters. The van der Waals surface area contributed by atoms with E-state index in [1.165, 1.54) is 0 Å². The molecule has 1 amide bonds. The first-order valence-corrected chi connectivity index (χ1v) is 7.36. The summed E-state index contributed by atoms with van der Waals surface area (Å²) in [5.41, 5.74) is 13.0. The second-order valence-electron chi connectivity index (χ2n) is 5.19. The van der Waals surface area contributed by atoms with E-state index in [0.717, 1.165) is 44.5 Å².